The van der Waals surface area contributed by atoms with Crippen molar-refractivity contribution < 1.29 is 4.79 Å². The van der Waals surface area contributed by atoms with E-state index in [9.17, 15) is 4.79 Å². The van der Waals surface area contributed by atoms with Crippen LogP contribution >= 0.6 is 34.5 Å². The van der Waals surface area contributed by atoms with Crippen LogP contribution in [0, 0.1) is 12.8 Å². The Balaban J connectivity index is 2.06. The Labute approximate surface area is 156 Å². The number of carbonyl (C=O) groups excluding carboxylic acids is 1. The minimum atomic E-state index is -0.0911. The van der Waals surface area contributed by atoms with Crippen molar-refractivity contribution in [1.82, 2.24) is 14.7 Å². The highest BCUT2D eigenvalue weighted by molar-refractivity contribution is 7.16. The summed E-state index contributed by atoms with van der Waals surface area (Å²) in [5, 5.41) is 5.01. The Morgan fingerprint density at radius 2 is 2.12 bits per heavy atom. The summed E-state index contributed by atoms with van der Waals surface area (Å²) >= 11 is 13.8. The molecule has 0 aliphatic carbocycles. The molecule has 7 heteroatoms. The van der Waals surface area contributed by atoms with Crippen molar-refractivity contribution in [1.29, 1.82) is 0 Å². The number of thiophene rings is 1. The van der Waals surface area contributed by atoms with Crippen LogP contribution in [0.1, 0.15) is 30.0 Å². The van der Waals surface area contributed by atoms with Crippen LogP contribution in [0.15, 0.2) is 18.2 Å². The molecule has 0 aromatic carbocycles. The number of hydrogen-bond donors (Lipinski definition) is 0. The second kappa shape index (κ2) is 8.19. The van der Waals surface area contributed by atoms with E-state index in [0.29, 0.717) is 17.6 Å². The maximum atomic E-state index is 12.3. The lowest BCUT2D eigenvalue weighted by Crippen LogP contribution is -2.23. The third-order valence-corrected chi connectivity index (χ3v) is 5.05. The van der Waals surface area contributed by atoms with E-state index >= 15 is 0 Å². The first-order chi connectivity index (χ1) is 11.3. The van der Waals surface area contributed by atoms with Crippen molar-refractivity contribution in [3.63, 3.8) is 0 Å². The van der Waals surface area contributed by atoms with E-state index in [1.54, 1.807) is 22.7 Å². The zero-order chi connectivity index (χ0) is 17.9. The number of likely N-dealkylation sites (N-methyl/N-ethyl adjacent to an activating group) is 1. The molecular formula is C17H21Cl2N3OS. The molecule has 0 aliphatic rings. The van der Waals surface area contributed by atoms with E-state index < -0.39 is 0 Å². The smallest absolute Gasteiger partial charge is 0.246 e. The average Bonchev–Trinajstić information content (AvgIpc) is 3.01. The first kappa shape index (κ1) is 19.0. The van der Waals surface area contributed by atoms with Gasteiger partial charge in [0.2, 0.25) is 5.91 Å². The summed E-state index contributed by atoms with van der Waals surface area (Å²) in [6, 6.07) is 3.76. The quantitative estimate of drug-likeness (QED) is 0.663. The molecule has 130 valence electrons. The lowest BCUT2D eigenvalue weighted by Gasteiger charge is -2.13. The number of rotatable bonds is 6. The molecule has 1 amide bonds. The van der Waals surface area contributed by atoms with Crippen LogP contribution in [0.4, 0.5) is 0 Å². The topological polar surface area (TPSA) is 38.1 Å². The molecule has 0 saturated carbocycles. The van der Waals surface area contributed by atoms with E-state index in [-0.39, 0.29) is 5.91 Å². The fourth-order valence-corrected chi connectivity index (χ4v) is 3.70. The number of amides is 1. The Morgan fingerprint density at radius 3 is 2.71 bits per heavy atom. The minimum Gasteiger partial charge on any atom is -0.337 e. The molecular weight excluding hydrogens is 365 g/mol. The molecule has 4 nitrogen and oxygen atoms in total. The molecule has 0 aliphatic heterocycles. The van der Waals surface area contributed by atoms with Gasteiger partial charge in [-0.25, -0.2) is 0 Å². The van der Waals surface area contributed by atoms with Gasteiger partial charge in [-0.05, 0) is 31.1 Å². The van der Waals surface area contributed by atoms with Crippen LogP contribution in [0.3, 0.4) is 0 Å². The van der Waals surface area contributed by atoms with Gasteiger partial charge in [-0.1, -0.05) is 37.0 Å². The number of halogens is 2. The summed E-state index contributed by atoms with van der Waals surface area (Å²) in [6.45, 7) is 7.39. The summed E-state index contributed by atoms with van der Waals surface area (Å²) in [5.74, 6) is 0.357. The van der Waals surface area contributed by atoms with Crippen molar-refractivity contribution >= 4 is 46.5 Å². The Bertz CT molecular complexity index is 749. The summed E-state index contributed by atoms with van der Waals surface area (Å²) in [6.07, 6.45) is 3.27. The van der Waals surface area contributed by atoms with Gasteiger partial charge >= 0.3 is 0 Å². The molecule has 0 bridgehead atoms. The second-order valence-corrected chi connectivity index (χ2v) is 8.26. The lowest BCUT2D eigenvalue weighted by molar-refractivity contribution is -0.125. The van der Waals surface area contributed by atoms with Gasteiger partial charge in [-0.15, -0.1) is 11.3 Å². The van der Waals surface area contributed by atoms with Crippen LogP contribution in [0.2, 0.25) is 9.49 Å². The van der Waals surface area contributed by atoms with E-state index in [1.807, 2.05) is 19.1 Å². The fraction of sp³-hybridized carbons (Fsp3) is 0.412. The average molecular weight is 386 g/mol. The van der Waals surface area contributed by atoms with Gasteiger partial charge in [-0.3, -0.25) is 9.48 Å². The van der Waals surface area contributed by atoms with Crippen molar-refractivity contribution in [2.24, 2.45) is 5.92 Å². The first-order valence-corrected chi connectivity index (χ1v) is 9.25. The Morgan fingerprint density at radius 1 is 1.42 bits per heavy atom. The monoisotopic (exact) mass is 385 g/mol. The molecule has 0 unspecified atom stereocenters. The summed E-state index contributed by atoms with van der Waals surface area (Å²) < 4.78 is 2.50. The largest absolute Gasteiger partial charge is 0.337 e. The highest BCUT2D eigenvalue weighted by Crippen LogP contribution is 2.24. The van der Waals surface area contributed by atoms with Crippen LogP contribution in [-0.4, -0.2) is 27.6 Å². The molecule has 0 spiro atoms. The molecule has 0 N–H and O–H groups in total. The predicted octanol–water partition coefficient (Wildman–Crippen LogP) is 4.89. The Hall–Kier alpha value is -1.30. The zero-order valence-corrected chi connectivity index (χ0v) is 16.5. The number of hydrogen-bond acceptors (Lipinski definition) is 3. The zero-order valence-electron chi connectivity index (χ0n) is 14.2. The predicted molar refractivity (Wildman–Crippen MR) is 102 cm³/mol. The highest BCUT2D eigenvalue weighted by atomic mass is 35.5. The molecule has 2 aromatic rings. The van der Waals surface area contributed by atoms with E-state index in [2.05, 4.69) is 18.9 Å². The van der Waals surface area contributed by atoms with Crippen molar-refractivity contribution in [2.75, 3.05) is 7.05 Å². The molecule has 0 radical (unpaired) electrons. The highest BCUT2D eigenvalue weighted by Gasteiger charge is 2.13. The van der Waals surface area contributed by atoms with Gasteiger partial charge in [0.25, 0.3) is 0 Å². The van der Waals surface area contributed by atoms with E-state index in [1.165, 1.54) is 17.4 Å². The lowest BCUT2D eigenvalue weighted by atomic mass is 10.2. The van der Waals surface area contributed by atoms with Gasteiger partial charge < -0.3 is 4.90 Å². The summed E-state index contributed by atoms with van der Waals surface area (Å²) in [5.41, 5.74) is 1.61. The molecule has 0 fully saturated rings. The van der Waals surface area contributed by atoms with Gasteiger partial charge in [0, 0.05) is 30.1 Å². The fourth-order valence-electron chi connectivity index (χ4n) is 2.25. The van der Waals surface area contributed by atoms with Crippen molar-refractivity contribution in [3.8, 4) is 0 Å². The first-order valence-electron chi connectivity index (χ1n) is 7.68. The molecule has 24 heavy (non-hydrogen) atoms. The number of aryl methyl sites for hydroxylation is 1. The second-order valence-electron chi connectivity index (χ2n) is 6.10. The molecule has 0 saturated heterocycles. The van der Waals surface area contributed by atoms with Gasteiger partial charge in [0.1, 0.15) is 5.15 Å². The third-order valence-electron chi connectivity index (χ3n) is 3.44. The molecule has 2 aromatic heterocycles. The SMILES string of the molecule is Cc1nn(CC(C)C)c(Cl)c1/C=C/C(=O)N(C)Cc1ccc(Cl)s1. The number of carbonyl (C=O) groups is 1. The normalized spacial score (nSPS) is 11.6. The molecule has 0 atom stereocenters. The maximum Gasteiger partial charge on any atom is 0.246 e. The Kier molecular flexibility index (Phi) is 6.49. The molecule has 2 rings (SSSR count). The van der Waals surface area contributed by atoms with Crippen molar-refractivity contribution in [2.45, 2.75) is 33.9 Å². The maximum absolute atomic E-state index is 12.3. The van der Waals surface area contributed by atoms with E-state index in [4.69, 9.17) is 23.2 Å². The van der Waals surface area contributed by atoms with Gasteiger partial charge in [0.05, 0.1) is 16.6 Å². The summed E-state index contributed by atoms with van der Waals surface area (Å²) in [4.78, 5) is 15.0. The minimum absolute atomic E-state index is 0.0911. The van der Waals surface area contributed by atoms with Crippen molar-refractivity contribution in [3.05, 3.63) is 43.8 Å². The third kappa shape index (κ3) is 4.85. The van der Waals surface area contributed by atoms with Crippen LogP contribution in [0.5, 0.6) is 0 Å². The van der Waals surface area contributed by atoms with Gasteiger partial charge in [-0.2, -0.15) is 5.10 Å². The van der Waals surface area contributed by atoms with Crippen LogP contribution in [0.25, 0.3) is 6.08 Å². The number of nitrogens with zero attached hydrogens (tertiary/aromatic N) is 3. The standard InChI is InChI=1S/C17H21Cl2N3OS/c1-11(2)9-22-17(19)14(12(3)20-22)6-8-16(23)21(4)10-13-5-7-15(18)24-13/h5-8,11H,9-10H2,1-4H3/b8-6+. The molecule has 2 heterocycles. The summed E-state index contributed by atoms with van der Waals surface area (Å²) in [7, 11) is 1.76. The van der Waals surface area contributed by atoms with Crippen LogP contribution < -0.4 is 0 Å². The number of aromatic nitrogens is 2. The van der Waals surface area contributed by atoms with E-state index in [0.717, 1.165) is 27.0 Å². The van der Waals surface area contributed by atoms with Crippen LogP contribution in [-0.2, 0) is 17.9 Å². The van der Waals surface area contributed by atoms with Gasteiger partial charge in [0.15, 0.2) is 0 Å².